The number of pyridine rings is 1. The van der Waals surface area contributed by atoms with Gasteiger partial charge in [0.1, 0.15) is 11.6 Å². The molecule has 4 aromatic rings. The van der Waals surface area contributed by atoms with E-state index in [2.05, 4.69) is 10.3 Å². The van der Waals surface area contributed by atoms with E-state index in [4.69, 9.17) is 0 Å². The number of nitrogens with one attached hydrogen (secondary N) is 1. The van der Waals surface area contributed by atoms with E-state index in [0.717, 1.165) is 15.5 Å². The number of thiophene rings is 1. The second-order valence-corrected chi connectivity index (χ2v) is 6.15. The van der Waals surface area contributed by atoms with Crippen LogP contribution in [0, 0.1) is 5.82 Å². The maximum atomic E-state index is 13.9. The SMILES string of the molecule is O=C(O)c1cccc2c1nc(Nc1ccccc1F)c1ccsc12. The number of para-hydroxylation sites is 2. The summed E-state index contributed by atoms with van der Waals surface area (Å²) in [7, 11) is 0. The highest BCUT2D eigenvalue weighted by Crippen LogP contribution is 2.36. The van der Waals surface area contributed by atoms with Gasteiger partial charge in [0.25, 0.3) is 0 Å². The van der Waals surface area contributed by atoms with Gasteiger partial charge in [-0.2, -0.15) is 0 Å². The van der Waals surface area contributed by atoms with Gasteiger partial charge < -0.3 is 10.4 Å². The van der Waals surface area contributed by atoms with Crippen molar-refractivity contribution in [2.24, 2.45) is 0 Å². The van der Waals surface area contributed by atoms with Crippen molar-refractivity contribution in [3.8, 4) is 0 Å². The molecule has 4 rings (SSSR count). The standard InChI is InChI=1S/C18H11FN2O2S/c19-13-6-1-2-7-14(13)20-17-12-8-9-24-16(12)10-4-3-5-11(18(22)23)15(10)21-17/h1-9H,(H,20,21)(H,22,23). The Bertz CT molecular complexity index is 1090. The molecule has 2 aromatic carbocycles. The van der Waals surface area contributed by atoms with Crippen molar-refractivity contribution >= 4 is 49.8 Å². The molecule has 24 heavy (non-hydrogen) atoms. The van der Waals surface area contributed by atoms with Gasteiger partial charge in [0.05, 0.1) is 16.8 Å². The van der Waals surface area contributed by atoms with Crippen LogP contribution in [0.15, 0.2) is 53.9 Å². The molecule has 0 aliphatic heterocycles. The average molecular weight is 338 g/mol. The predicted octanol–water partition coefficient (Wildman–Crippen LogP) is 5.03. The number of aromatic carboxylic acids is 1. The van der Waals surface area contributed by atoms with Crippen LogP contribution >= 0.6 is 11.3 Å². The molecule has 6 heteroatoms. The van der Waals surface area contributed by atoms with Crippen molar-refractivity contribution in [1.82, 2.24) is 4.98 Å². The van der Waals surface area contributed by atoms with Crippen LogP contribution in [0.3, 0.4) is 0 Å². The molecule has 0 spiro atoms. The molecule has 0 aliphatic carbocycles. The van der Waals surface area contributed by atoms with Crippen molar-refractivity contribution in [2.75, 3.05) is 5.32 Å². The van der Waals surface area contributed by atoms with Gasteiger partial charge in [0, 0.05) is 15.5 Å². The summed E-state index contributed by atoms with van der Waals surface area (Å²) >= 11 is 1.50. The lowest BCUT2D eigenvalue weighted by molar-refractivity contribution is 0.0699. The maximum Gasteiger partial charge on any atom is 0.337 e. The lowest BCUT2D eigenvalue weighted by atomic mass is 10.1. The molecule has 0 saturated carbocycles. The fourth-order valence-electron chi connectivity index (χ4n) is 2.68. The Hall–Kier alpha value is -2.99. The highest BCUT2D eigenvalue weighted by molar-refractivity contribution is 7.18. The molecule has 2 heterocycles. The van der Waals surface area contributed by atoms with Gasteiger partial charge in [-0.1, -0.05) is 24.3 Å². The first kappa shape index (κ1) is 14.6. The van der Waals surface area contributed by atoms with Crippen molar-refractivity contribution < 1.29 is 14.3 Å². The quantitative estimate of drug-likeness (QED) is 0.550. The summed E-state index contributed by atoms with van der Waals surface area (Å²) < 4.78 is 14.9. The van der Waals surface area contributed by atoms with Gasteiger partial charge in [-0.25, -0.2) is 14.2 Å². The third-order valence-electron chi connectivity index (χ3n) is 3.78. The van der Waals surface area contributed by atoms with Gasteiger partial charge >= 0.3 is 5.97 Å². The van der Waals surface area contributed by atoms with E-state index in [1.807, 2.05) is 17.5 Å². The highest BCUT2D eigenvalue weighted by atomic mass is 32.1. The Morgan fingerprint density at radius 3 is 2.71 bits per heavy atom. The summed E-state index contributed by atoms with van der Waals surface area (Å²) in [6, 6.07) is 13.3. The molecule has 2 aromatic heterocycles. The second-order valence-electron chi connectivity index (χ2n) is 5.24. The Balaban J connectivity index is 2.00. The van der Waals surface area contributed by atoms with Crippen LogP contribution in [0.5, 0.6) is 0 Å². The molecule has 0 saturated heterocycles. The molecule has 4 nitrogen and oxygen atoms in total. The van der Waals surface area contributed by atoms with Crippen molar-refractivity contribution in [3.63, 3.8) is 0 Å². The minimum Gasteiger partial charge on any atom is -0.478 e. The van der Waals surface area contributed by atoms with E-state index >= 15 is 0 Å². The Labute approximate surface area is 140 Å². The summed E-state index contributed by atoms with van der Waals surface area (Å²) in [5, 5.41) is 15.9. The van der Waals surface area contributed by atoms with Gasteiger partial charge in [-0.05, 0) is 29.6 Å². The molecule has 2 N–H and O–H groups in total. The lowest BCUT2D eigenvalue weighted by Gasteiger charge is -2.11. The number of hydrogen-bond donors (Lipinski definition) is 2. The number of halogens is 1. The highest BCUT2D eigenvalue weighted by Gasteiger charge is 2.16. The number of aromatic nitrogens is 1. The van der Waals surface area contributed by atoms with E-state index in [-0.39, 0.29) is 5.56 Å². The van der Waals surface area contributed by atoms with E-state index in [1.54, 1.807) is 24.3 Å². The molecule has 0 fully saturated rings. The summed E-state index contributed by atoms with van der Waals surface area (Å²) in [5.41, 5.74) is 0.808. The third-order valence-corrected chi connectivity index (χ3v) is 4.73. The van der Waals surface area contributed by atoms with Gasteiger partial charge in [-0.15, -0.1) is 11.3 Å². The van der Waals surface area contributed by atoms with E-state index < -0.39 is 11.8 Å². The number of carboxylic acid groups (broad SMARTS) is 1. The maximum absolute atomic E-state index is 13.9. The number of benzene rings is 2. The summed E-state index contributed by atoms with van der Waals surface area (Å²) in [6.45, 7) is 0. The normalized spacial score (nSPS) is 11.0. The zero-order valence-corrected chi connectivity index (χ0v) is 13.1. The molecule has 0 radical (unpaired) electrons. The molecule has 118 valence electrons. The molecule has 0 bridgehead atoms. The van der Waals surface area contributed by atoms with Gasteiger partial charge in [0.15, 0.2) is 0 Å². The number of rotatable bonds is 3. The second kappa shape index (κ2) is 5.58. The van der Waals surface area contributed by atoms with Crippen LogP contribution < -0.4 is 5.32 Å². The van der Waals surface area contributed by atoms with Crippen LogP contribution in [0.2, 0.25) is 0 Å². The van der Waals surface area contributed by atoms with E-state index in [1.165, 1.54) is 23.5 Å². The van der Waals surface area contributed by atoms with Crippen molar-refractivity contribution in [2.45, 2.75) is 0 Å². The Morgan fingerprint density at radius 2 is 1.92 bits per heavy atom. The first-order valence-electron chi connectivity index (χ1n) is 7.20. The first-order chi connectivity index (χ1) is 11.6. The zero-order chi connectivity index (χ0) is 16.7. The zero-order valence-electron chi connectivity index (χ0n) is 12.3. The lowest BCUT2D eigenvalue weighted by Crippen LogP contribution is -2.02. The van der Waals surface area contributed by atoms with Gasteiger partial charge in [0.2, 0.25) is 0 Å². The van der Waals surface area contributed by atoms with Crippen LogP contribution in [0.4, 0.5) is 15.9 Å². The number of carboxylic acids is 1. The van der Waals surface area contributed by atoms with Crippen LogP contribution in [-0.4, -0.2) is 16.1 Å². The van der Waals surface area contributed by atoms with Crippen LogP contribution in [-0.2, 0) is 0 Å². The predicted molar refractivity (Wildman–Crippen MR) is 93.8 cm³/mol. The number of anilines is 2. The minimum absolute atomic E-state index is 0.124. The fraction of sp³-hybridized carbons (Fsp3) is 0. The molecule has 0 unspecified atom stereocenters. The molecule has 0 atom stereocenters. The molecular formula is C18H11FN2O2S. The first-order valence-corrected chi connectivity index (χ1v) is 8.08. The summed E-state index contributed by atoms with van der Waals surface area (Å²) in [6.07, 6.45) is 0. The number of carbonyl (C=O) groups is 1. The summed E-state index contributed by atoms with van der Waals surface area (Å²) in [5.74, 6) is -0.993. The van der Waals surface area contributed by atoms with Crippen molar-refractivity contribution in [1.29, 1.82) is 0 Å². The van der Waals surface area contributed by atoms with Crippen molar-refractivity contribution in [3.05, 3.63) is 65.3 Å². The number of fused-ring (bicyclic) bond motifs is 3. The Kier molecular flexibility index (Phi) is 3.39. The average Bonchev–Trinajstić information content (AvgIpc) is 3.06. The minimum atomic E-state index is -1.04. The molecule has 0 aliphatic rings. The van der Waals surface area contributed by atoms with Gasteiger partial charge in [-0.3, -0.25) is 0 Å². The molecular weight excluding hydrogens is 327 g/mol. The topological polar surface area (TPSA) is 62.2 Å². The largest absolute Gasteiger partial charge is 0.478 e. The smallest absolute Gasteiger partial charge is 0.337 e. The number of hydrogen-bond acceptors (Lipinski definition) is 4. The Morgan fingerprint density at radius 1 is 1.08 bits per heavy atom. The fourth-order valence-corrected chi connectivity index (χ4v) is 3.61. The monoisotopic (exact) mass is 338 g/mol. The van der Waals surface area contributed by atoms with E-state index in [0.29, 0.717) is 17.0 Å². The molecule has 0 amide bonds. The van der Waals surface area contributed by atoms with E-state index in [9.17, 15) is 14.3 Å². The number of nitrogens with zero attached hydrogens (tertiary/aromatic N) is 1. The van der Waals surface area contributed by atoms with Crippen LogP contribution in [0.1, 0.15) is 10.4 Å². The third kappa shape index (κ3) is 2.28. The summed E-state index contributed by atoms with van der Waals surface area (Å²) in [4.78, 5) is 16.0. The van der Waals surface area contributed by atoms with Crippen LogP contribution in [0.25, 0.3) is 21.0 Å².